The van der Waals surface area contributed by atoms with E-state index in [2.05, 4.69) is 15.9 Å². The third-order valence-electron chi connectivity index (χ3n) is 5.37. The fourth-order valence-electron chi connectivity index (χ4n) is 3.88. The van der Waals surface area contributed by atoms with E-state index in [1.807, 2.05) is 18.2 Å². The summed E-state index contributed by atoms with van der Waals surface area (Å²) in [5.74, 6) is 0.351. The average molecular weight is 409 g/mol. The summed E-state index contributed by atoms with van der Waals surface area (Å²) in [6, 6.07) is 14.8. The number of hydrazine groups is 1. The van der Waals surface area contributed by atoms with Gasteiger partial charge in [-0.15, -0.1) is 0 Å². The van der Waals surface area contributed by atoms with Crippen LogP contribution in [0, 0.1) is 10.1 Å². The van der Waals surface area contributed by atoms with Crippen LogP contribution in [0.25, 0.3) is 0 Å². The molecular weight excluding hydrogens is 386 g/mol. The highest BCUT2D eigenvalue weighted by Gasteiger charge is 2.47. The van der Waals surface area contributed by atoms with Crippen LogP contribution in [0.15, 0.2) is 59.8 Å². The quantitative estimate of drug-likeness (QED) is 0.575. The number of hydrogen-bond acceptors (Lipinski definition) is 6. The maximum absolute atomic E-state index is 12.7. The number of carbonyl (C=O) groups excluding carboxylic acids is 1. The average Bonchev–Trinajstić information content (AvgIpc) is 2.92. The molecule has 4 rings (SSSR count). The van der Waals surface area contributed by atoms with Crippen LogP contribution in [0.2, 0.25) is 0 Å². The summed E-state index contributed by atoms with van der Waals surface area (Å²) < 4.78 is 0. The third kappa shape index (κ3) is 4.05. The Kier molecular flexibility index (Phi) is 5.51. The number of hydrogen-bond donors (Lipinski definition) is 2. The minimum Gasteiger partial charge on any atom is -0.363 e. The van der Waals surface area contributed by atoms with Crippen molar-refractivity contribution < 1.29 is 14.6 Å². The molecule has 9 heteroatoms. The van der Waals surface area contributed by atoms with E-state index in [1.54, 1.807) is 29.3 Å². The van der Waals surface area contributed by atoms with Crippen molar-refractivity contribution in [3.63, 3.8) is 0 Å². The first-order valence-electron chi connectivity index (χ1n) is 10.0. The van der Waals surface area contributed by atoms with Gasteiger partial charge in [0.15, 0.2) is 5.84 Å². The molecule has 1 aliphatic heterocycles. The van der Waals surface area contributed by atoms with Crippen molar-refractivity contribution in [1.29, 1.82) is 0 Å². The molecule has 9 nitrogen and oxygen atoms in total. The zero-order chi connectivity index (χ0) is 21.0. The van der Waals surface area contributed by atoms with Crippen molar-refractivity contribution in [3.8, 4) is 0 Å². The van der Waals surface area contributed by atoms with Crippen LogP contribution in [-0.2, 0) is 4.84 Å². The van der Waals surface area contributed by atoms with Crippen molar-refractivity contribution >= 4 is 23.2 Å². The number of oxime groups is 1. The van der Waals surface area contributed by atoms with Crippen molar-refractivity contribution in [2.24, 2.45) is 5.16 Å². The highest BCUT2D eigenvalue weighted by Crippen LogP contribution is 2.38. The SMILES string of the molecule is O=C(Nc1ccccc1)NN1C(c2cccc([N+](=O)[O-])c2)=NOC12CCCCCC2. The number of nitro groups is 1. The van der Waals surface area contributed by atoms with Gasteiger partial charge in [0, 0.05) is 36.2 Å². The summed E-state index contributed by atoms with van der Waals surface area (Å²) in [5, 5.41) is 19.9. The Labute approximate surface area is 173 Å². The lowest BCUT2D eigenvalue weighted by Gasteiger charge is -2.36. The maximum atomic E-state index is 12.7. The molecule has 0 radical (unpaired) electrons. The number of non-ortho nitro benzene ring substituents is 1. The number of anilines is 1. The molecule has 30 heavy (non-hydrogen) atoms. The summed E-state index contributed by atoms with van der Waals surface area (Å²) in [7, 11) is 0. The number of rotatable bonds is 4. The zero-order valence-corrected chi connectivity index (χ0v) is 16.4. The molecule has 1 aliphatic carbocycles. The van der Waals surface area contributed by atoms with Gasteiger partial charge in [-0.2, -0.15) is 0 Å². The number of amides is 2. The zero-order valence-electron chi connectivity index (χ0n) is 16.4. The molecule has 0 atom stereocenters. The van der Waals surface area contributed by atoms with Crippen LogP contribution < -0.4 is 10.7 Å². The van der Waals surface area contributed by atoms with Gasteiger partial charge in [0.05, 0.1) is 4.92 Å². The van der Waals surface area contributed by atoms with Crippen LogP contribution in [0.5, 0.6) is 0 Å². The van der Waals surface area contributed by atoms with E-state index < -0.39 is 16.7 Å². The Morgan fingerprint density at radius 3 is 2.50 bits per heavy atom. The second-order valence-corrected chi connectivity index (χ2v) is 7.44. The number of benzene rings is 2. The molecule has 0 unspecified atom stereocenters. The van der Waals surface area contributed by atoms with Gasteiger partial charge < -0.3 is 10.2 Å². The van der Waals surface area contributed by atoms with Gasteiger partial charge >= 0.3 is 6.03 Å². The number of para-hydroxylation sites is 1. The molecule has 1 saturated carbocycles. The molecule has 0 saturated heterocycles. The first-order chi connectivity index (χ1) is 14.6. The Bertz CT molecular complexity index is 955. The number of nitrogens with zero attached hydrogens (tertiary/aromatic N) is 3. The fraction of sp³-hybridized carbons (Fsp3) is 0.333. The molecular formula is C21H23N5O4. The molecule has 2 N–H and O–H groups in total. The fourth-order valence-corrected chi connectivity index (χ4v) is 3.88. The molecule has 1 fully saturated rings. The van der Waals surface area contributed by atoms with Crippen molar-refractivity contribution in [2.75, 3.05) is 5.32 Å². The van der Waals surface area contributed by atoms with Crippen LogP contribution in [-0.4, -0.2) is 27.5 Å². The van der Waals surface area contributed by atoms with E-state index in [1.165, 1.54) is 12.1 Å². The van der Waals surface area contributed by atoms with Crippen molar-refractivity contribution in [2.45, 2.75) is 44.2 Å². The normalized spacial score (nSPS) is 17.6. The van der Waals surface area contributed by atoms with E-state index in [0.29, 0.717) is 29.9 Å². The Hall–Kier alpha value is -3.62. The highest BCUT2D eigenvalue weighted by atomic mass is 16.7. The molecule has 2 amide bonds. The molecule has 156 valence electrons. The molecule has 0 aromatic heterocycles. The number of nitro benzene ring substituents is 1. The van der Waals surface area contributed by atoms with Crippen molar-refractivity contribution in [3.05, 3.63) is 70.3 Å². The second kappa shape index (κ2) is 8.40. The molecule has 1 heterocycles. The van der Waals surface area contributed by atoms with Gasteiger partial charge in [0.1, 0.15) is 0 Å². The van der Waals surface area contributed by atoms with Crippen LogP contribution in [0.1, 0.15) is 44.1 Å². The van der Waals surface area contributed by atoms with Gasteiger partial charge in [0.2, 0.25) is 5.72 Å². The predicted molar refractivity (Wildman–Crippen MR) is 112 cm³/mol. The topological polar surface area (TPSA) is 109 Å². The monoisotopic (exact) mass is 409 g/mol. The lowest BCUT2D eigenvalue weighted by Crippen LogP contribution is -2.58. The van der Waals surface area contributed by atoms with Gasteiger partial charge in [0.25, 0.3) is 5.69 Å². The summed E-state index contributed by atoms with van der Waals surface area (Å²) >= 11 is 0. The van der Waals surface area contributed by atoms with E-state index >= 15 is 0 Å². The number of nitrogens with one attached hydrogen (secondary N) is 2. The lowest BCUT2D eigenvalue weighted by atomic mass is 10.0. The van der Waals surface area contributed by atoms with E-state index in [4.69, 9.17) is 4.84 Å². The summed E-state index contributed by atoms with van der Waals surface area (Å²) in [6.07, 6.45) is 5.44. The molecule has 0 bridgehead atoms. The van der Waals surface area contributed by atoms with Gasteiger partial charge in [-0.25, -0.2) is 15.2 Å². The smallest absolute Gasteiger partial charge is 0.338 e. The second-order valence-electron chi connectivity index (χ2n) is 7.44. The largest absolute Gasteiger partial charge is 0.363 e. The lowest BCUT2D eigenvalue weighted by molar-refractivity contribution is -0.384. The van der Waals surface area contributed by atoms with Crippen LogP contribution in [0.3, 0.4) is 0 Å². The summed E-state index contributed by atoms with van der Waals surface area (Å²) in [6.45, 7) is 0. The molecule has 2 aromatic rings. The Balaban J connectivity index is 1.62. The molecule has 2 aliphatic rings. The van der Waals surface area contributed by atoms with E-state index in [9.17, 15) is 14.9 Å². The van der Waals surface area contributed by atoms with Gasteiger partial charge in [-0.1, -0.05) is 48.3 Å². The molecule has 1 spiro atoms. The standard InChI is InChI=1S/C21H23N5O4/c27-20(22-17-10-4-3-5-11-17)23-25-19(16-9-8-12-18(15-16)26(28)29)24-30-21(25)13-6-1-2-7-14-21/h3-5,8-12,15H,1-2,6-7,13-14H2,(H2,22,23,27). The predicted octanol–water partition coefficient (Wildman–Crippen LogP) is 4.38. The number of carbonyl (C=O) groups is 1. The minimum atomic E-state index is -0.801. The van der Waals surface area contributed by atoms with E-state index in [0.717, 1.165) is 25.7 Å². The Morgan fingerprint density at radius 1 is 1.07 bits per heavy atom. The molecule has 2 aromatic carbocycles. The Morgan fingerprint density at radius 2 is 1.80 bits per heavy atom. The third-order valence-corrected chi connectivity index (χ3v) is 5.37. The first kappa shape index (κ1) is 19.7. The van der Waals surface area contributed by atoms with Crippen molar-refractivity contribution in [1.82, 2.24) is 10.4 Å². The number of urea groups is 1. The maximum Gasteiger partial charge on any atom is 0.338 e. The highest BCUT2D eigenvalue weighted by molar-refractivity contribution is 6.01. The summed E-state index contributed by atoms with van der Waals surface area (Å²) in [4.78, 5) is 29.4. The minimum absolute atomic E-state index is 0.0503. The van der Waals surface area contributed by atoms with Crippen LogP contribution >= 0.6 is 0 Å². The summed E-state index contributed by atoms with van der Waals surface area (Å²) in [5.41, 5.74) is 3.18. The van der Waals surface area contributed by atoms with Crippen LogP contribution in [0.4, 0.5) is 16.2 Å². The number of amidine groups is 1. The first-order valence-corrected chi connectivity index (χ1v) is 10.0. The van der Waals surface area contributed by atoms with Gasteiger partial charge in [-0.3, -0.25) is 10.1 Å². The van der Waals surface area contributed by atoms with Gasteiger partial charge in [-0.05, 0) is 25.0 Å². The van der Waals surface area contributed by atoms with E-state index in [-0.39, 0.29) is 5.69 Å².